The van der Waals surface area contributed by atoms with Crippen LogP contribution in [0.2, 0.25) is 0 Å². The normalized spacial score (nSPS) is 13.2. The first-order chi connectivity index (χ1) is 26.8. The molecule has 0 aromatic rings. The van der Waals surface area contributed by atoms with Gasteiger partial charge in [0.2, 0.25) is 35.4 Å². The van der Waals surface area contributed by atoms with E-state index in [1.807, 2.05) is 0 Å². The highest BCUT2D eigenvalue weighted by Gasteiger charge is 2.25. The number of nitrogens with one attached hydrogen (secondary N) is 6. The first kappa shape index (κ1) is 53.1. The van der Waals surface area contributed by atoms with E-state index in [1.165, 1.54) is 6.66 Å². The molecule has 0 spiro atoms. The Morgan fingerprint density at radius 3 is 1.43 bits per heavy atom. The zero-order chi connectivity index (χ0) is 41.9. The van der Waals surface area contributed by atoms with E-state index in [2.05, 4.69) is 44.1 Å². The van der Waals surface area contributed by atoms with Gasteiger partial charge in [-0.3, -0.25) is 33.3 Å². The second-order valence-electron chi connectivity index (χ2n) is 12.5. The molecule has 3 unspecified atom stereocenters. The largest absolute Gasteiger partial charge is 0.394 e. The average Bonchev–Trinajstić information content (AvgIpc) is 3.15. The Labute approximate surface area is 334 Å². The van der Waals surface area contributed by atoms with Crippen molar-refractivity contribution in [3.8, 4) is 0 Å². The third-order valence-electron chi connectivity index (χ3n) is 7.52. The molecule has 22 heteroatoms. The summed E-state index contributed by atoms with van der Waals surface area (Å²) in [7, 11) is 0. The molecule has 0 saturated heterocycles. The molecular weight excluding hydrogens is 779 g/mol. The van der Waals surface area contributed by atoms with E-state index in [0.29, 0.717) is 13.2 Å². The van der Waals surface area contributed by atoms with Crippen molar-refractivity contribution in [2.45, 2.75) is 82.7 Å². The molecule has 0 bridgehead atoms. The Morgan fingerprint density at radius 1 is 0.518 bits per heavy atom. The maximum absolute atomic E-state index is 13.1. The van der Waals surface area contributed by atoms with Crippen LogP contribution in [0.5, 0.6) is 0 Å². The molecule has 0 heterocycles. The van der Waals surface area contributed by atoms with Crippen LogP contribution in [0.15, 0.2) is 0 Å². The number of rotatable bonds is 37. The summed E-state index contributed by atoms with van der Waals surface area (Å²) < 4.78 is 31.9. The van der Waals surface area contributed by atoms with Crippen LogP contribution in [-0.2, 0) is 52.1 Å². The molecule has 0 aliphatic rings. The summed E-state index contributed by atoms with van der Waals surface area (Å²) in [6, 6.07) is -2.26. The zero-order valence-corrected chi connectivity index (χ0v) is 34.3. The molecule has 3 atom stereocenters. The minimum Gasteiger partial charge on any atom is -0.394 e. The smallest absolute Gasteiger partial charge is 0.251 e. The standard InChI is InChI=1S/C34H65N6O14PS/c1-55(50,56)54-20-5-3-2-4-13-35-29(44)7-6-8-31(46)39-28(34(49)38-16-23-53-26-19-43)10-12-32(47)40-27(33(48)37-15-22-52-25-18-42)9-11-30(45)36-14-21-51-24-17-41/h27-28,41-43H,2-26H2,1H3,(H,35,44)(H,36,45)(H,37,48)(H,38,49)(H,39,46)(H,40,47)(H,50,56). The van der Waals surface area contributed by atoms with Crippen molar-refractivity contribution in [2.75, 3.05) is 98.9 Å². The number of ether oxygens (including phenoxy) is 3. The first-order valence-corrected chi connectivity index (χ1v) is 22.2. The van der Waals surface area contributed by atoms with Crippen LogP contribution in [0.1, 0.15) is 70.6 Å². The molecule has 0 aliphatic heterocycles. The SMILES string of the molecule is CP(=O)(S)OCCCCCCNC(=O)CCCC(=O)NC(CCC(=O)NC(CCC(=O)NCCOCCO)C(=O)NCCOCCO)C(=O)NCCOCCO. The Kier molecular flexibility index (Phi) is 33.5. The Bertz CT molecular complexity index is 1170. The predicted octanol–water partition coefficient (Wildman–Crippen LogP) is -1.49. The molecule has 9 N–H and O–H groups in total. The van der Waals surface area contributed by atoms with Crippen LogP contribution >= 0.6 is 18.8 Å². The molecule has 20 nitrogen and oxygen atoms in total. The molecule has 0 aliphatic carbocycles. The van der Waals surface area contributed by atoms with Crippen molar-refractivity contribution in [2.24, 2.45) is 0 Å². The van der Waals surface area contributed by atoms with Crippen LogP contribution in [0.4, 0.5) is 0 Å². The minimum atomic E-state index is -2.79. The van der Waals surface area contributed by atoms with Crippen molar-refractivity contribution in [1.82, 2.24) is 31.9 Å². The summed E-state index contributed by atoms with van der Waals surface area (Å²) in [6.07, 6.45) is 2.81. The van der Waals surface area contributed by atoms with Gasteiger partial charge < -0.3 is 66.0 Å². The maximum atomic E-state index is 13.1. The van der Waals surface area contributed by atoms with Gasteiger partial charge in [0, 0.05) is 58.5 Å². The first-order valence-electron chi connectivity index (χ1n) is 19.0. The van der Waals surface area contributed by atoms with Gasteiger partial charge in [-0.2, -0.15) is 0 Å². The zero-order valence-electron chi connectivity index (χ0n) is 32.6. The Balaban J connectivity index is 5.10. The quantitative estimate of drug-likeness (QED) is 0.0194. The highest BCUT2D eigenvalue weighted by molar-refractivity contribution is 8.46. The van der Waals surface area contributed by atoms with E-state index in [0.717, 1.165) is 25.7 Å². The minimum absolute atomic E-state index is 0.0589. The molecule has 0 aromatic heterocycles. The fraction of sp³-hybridized carbons (Fsp3) is 0.824. The summed E-state index contributed by atoms with van der Waals surface area (Å²) in [5, 5.41) is 42.4. The summed E-state index contributed by atoms with van der Waals surface area (Å²) in [5.41, 5.74) is 0. The topological polar surface area (TPSA) is 289 Å². The van der Waals surface area contributed by atoms with Crippen molar-refractivity contribution in [3.05, 3.63) is 0 Å². The number of hydrogen-bond acceptors (Lipinski definition) is 14. The van der Waals surface area contributed by atoms with Gasteiger partial charge in [0.15, 0.2) is 0 Å². The molecule has 0 saturated carbocycles. The molecule has 326 valence electrons. The third kappa shape index (κ3) is 33.3. The second kappa shape index (κ2) is 35.3. The number of amides is 6. The van der Waals surface area contributed by atoms with E-state index in [9.17, 15) is 33.3 Å². The van der Waals surface area contributed by atoms with Crippen LogP contribution < -0.4 is 31.9 Å². The number of aliphatic hydroxyl groups excluding tert-OH is 3. The predicted molar refractivity (Wildman–Crippen MR) is 209 cm³/mol. The maximum Gasteiger partial charge on any atom is 0.251 e. The van der Waals surface area contributed by atoms with Gasteiger partial charge in [-0.05, 0) is 32.1 Å². The number of carbonyl (C=O) groups is 6. The van der Waals surface area contributed by atoms with Gasteiger partial charge in [0.1, 0.15) is 12.1 Å². The lowest BCUT2D eigenvalue weighted by molar-refractivity contribution is -0.131. The molecule has 0 fully saturated rings. The lowest BCUT2D eigenvalue weighted by atomic mass is 10.1. The van der Waals surface area contributed by atoms with Gasteiger partial charge in [-0.25, -0.2) is 0 Å². The molecule has 0 radical (unpaired) electrons. The van der Waals surface area contributed by atoms with Crippen molar-refractivity contribution >= 4 is 54.3 Å². The lowest BCUT2D eigenvalue weighted by Gasteiger charge is -2.21. The summed E-state index contributed by atoms with van der Waals surface area (Å²) in [6.45, 7) is -0.0738. The highest BCUT2D eigenvalue weighted by atomic mass is 32.7. The van der Waals surface area contributed by atoms with Crippen molar-refractivity contribution in [1.29, 1.82) is 0 Å². The van der Waals surface area contributed by atoms with Gasteiger partial charge in [-0.1, -0.05) is 25.1 Å². The summed E-state index contributed by atoms with van der Waals surface area (Å²) in [4.78, 5) is 76.4. The Hall–Kier alpha value is -2.88. The van der Waals surface area contributed by atoms with E-state index in [4.69, 9.17) is 34.1 Å². The molecule has 0 aromatic carbocycles. The lowest BCUT2D eigenvalue weighted by Crippen LogP contribution is -2.50. The second-order valence-corrected chi connectivity index (χ2v) is 16.6. The monoisotopic (exact) mass is 844 g/mol. The van der Waals surface area contributed by atoms with Crippen LogP contribution in [0.3, 0.4) is 0 Å². The third-order valence-corrected chi connectivity index (χ3v) is 8.53. The number of aliphatic hydroxyl groups is 3. The Morgan fingerprint density at radius 2 is 0.929 bits per heavy atom. The van der Waals surface area contributed by atoms with Gasteiger partial charge in [0.25, 0.3) is 6.57 Å². The van der Waals surface area contributed by atoms with Crippen LogP contribution in [0.25, 0.3) is 0 Å². The number of hydrogen-bond donors (Lipinski definition) is 10. The van der Waals surface area contributed by atoms with Gasteiger partial charge in [-0.15, -0.1) is 0 Å². The average molecular weight is 845 g/mol. The number of carbonyl (C=O) groups excluding carboxylic acids is 6. The number of unbranched alkanes of at least 4 members (excludes halogenated alkanes) is 3. The van der Waals surface area contributed by atoms with Crippen molar-refractivity contribution < 1.29 is 67.4 Å². The van der Waals surface area contributed by atoms with Gasteiger partial charge in [0.05, 0.1) is 66.1 Å². The molecule has 6 amide bonds. The van der Waals surface area contributed by atoms with Crippen LogP contribution in [-0.4, -0.2) is 162 Å². The summed E-state index contributed by atoms with van der Waals surface area (Å²) in [5.74, 6) is -2.92. The highest BCUT2D eigenvalue weighted by Crippen LogP contribution is 2.47. The van der Waals surface area contributed by atoms with Gasteiger partial charge >= 0.3 is 0 Å². The summed E-state index contributed by atoms with van der Waals surface area (Å²) >= 11 is 3.88. The van der Waals surface area contributed by atoms with Crippen LogP contribution in [0, 0.1) is 0 Å². The van der Waals surface area contributed by atoms with Crippen molar-refractivity contribution in [3.63, 3.8) is 0 Å². The van der Waals surface area contributed by atoms with E-state index < -0.39 is 48.2 Å². The molecule has 0 rings (SSSR count). The molecule has 56 heavy (non-hydrogen) atoms. The fourth-order valence-electron chi connectivity index (χ4n) is 4.75. The van der Waals surface area contributed by atoms with E-state index in [1.54, 1.807) is 0 Å². The fourth-order valence-corrected chi connectivity index (χ4v) is 5.46. The van der Waals surface area contributed by atoms with E-state index >= 15 is 0 Å². The number of thiol groups is 1. The molecular formula is C34H65N6O14PS. The van der Waals surface area contributed by atoms with E-state index in [-0.39, 0.29) is 130 Å².